The van der Waals surface area contributed by atoms with Crippen LogP contribution in [0.5, 0.6) is 0 Å². The van der Waals surface area contributed by atoms with Crippen LogP contribution >= 0.6 is 0 Å². The Balaban J connectivity index is 4.14. The Morgan fingerprint density at radius 2 is 0.980 bits per heavy atom. The lowest BCUT2D eigenvalue weighted by atomic mass is 10.0. The maximum atomic E-state index is 12.6. The van der Waals surface area contributed by atoms with E-state index in [1.807, 2.05) is 0 Å². The molecular formula is C41H75NO6S. The molecule has 0 saturated carbocycles. The van der Waals surface area contributed by atoms with Gasteiger partial charge in [0, 0.05) is 0 Å². The summed E-state index contributed by atoms with van der Waals surface area (Å²) in [6.45, 7) is 4.47. The number of carbonyl (C=O) groups is 1. The second kappa shape index (κ2) is 34.7. The van der Waals surface area contributed by atoms with Gasteiger partial charge in [0.1, 0.15) is 6.10 Å². The van der Waals surface area contributed by atoms with Crippen molar-refractivity contribution >= 4 is 16.0 Å². The predicted octanol–water partition coefficient (Wildman–Crippen LogP) is 10.5. The Bertz CT molecular complexity index is 974. The first kappa shape index (κ1) is 47.3. The van der Waals surface area contributed by atoms with Crippen LogP contribution in [0.1, 0.15) is 181 Å². The molecule has 286 valence electrons. The van der Waals surface area contributed by atoms with E-state index in [1.165, 1.54) is 96.0 Å². The van der Waals surface area contributed by atoms with E-state index in [9.17, 15) is 28.0 Å². The van der Waals surface area contributed by atoms with Crippen LogP contribution in [0.2, 0.25) is 0 Å². The van der Waals surface area contributed by atoms with E-state index >= 15 is 0 Å². The van der Waals surface area contributed by atoms with E-state index < -0.39 is 40.0 Å². The largest absolute Gasteiger partial charge is 0.387 e. The summed E-state index contributed by atoms with van der Waals surface area (Å²) in [5, 5.41) is 23.3. The maximum absolute atomic E-state index is 12.6. The number of allylic oxidation sites excluding steroid dienone is 7. The Kier molecular flexibility index (Phi) is 33.5. The van der Waals surface area contributed by atoms with E-state index in [1.54, 1.807) is 6.08 Å². The molecule has 0 aliphatic rings. The molecule has 3 atom stereocenters. The minimum Gasteiger partial charge on any atom is -0.387 e. The molecule has 0 bridgehead atoms. The number of rotatable bonds is 35. The topological polar surface area (TPSA) is 124 Å². The van der Waals surface area contributed by atoms with Crippen molar-refractivity contribution in [3.05, 3.63) is 48.6 Å². The smallest absolute Gasteiger partial charge is 0.267 e. The molecule has 8 heteroatoms. The predicted molar refractivity (Wildman–Crippen MR) is 208 cm³/mol. The zero-order valence-electron chi connectivity index (χ0n) is 31.4. The van der Waals surface area contributed by atoms with Crippen LogP contribution in [-0.4, -0.2) is 53.1 Å². The van der Waals surface area contributed by atoms with E-state index in [2.05, 4.69) is 55.6 Å². The van der Waals surface area contributed by atoms with Gasteiger partial charge in [-0.25, -0.2) is 0 Å². The van der Waals surface area contributed by atoms with E-state index in [4.69, 9.17) is 0 Å². The third kappa shape index (κ3) is 34.5. The Morgan fingerprint density at radius 3 is 1.51 bits per heavy atom. The summed E-state index contributed by atoms with van der Waals surface area (Å²) < 4.78 is 32.5. The van der Waals surface area contributed by atoms with Crippen LogP contribution in [0.25, 0.3) is 0 Å². The van der Waals surface area contributed by atoms with Crippen molar-refractivity contribution in [1.82, 2.24) is 5.32 Å². The molecule has 49 heavy (non-hydrogen) atoms. The molecule has 0 aromatic carbocycles. The van der Waals surface area contributed by atoms with Gasteiger partial charge in [0.2, 0.25) is 5.91 Å². The highest BCUT2D eigenvalue weighted by atomic mass is 32.2. The Hall–Kier alpha value is -1.74. The number of amides is 1. The third-order valence-corrected chi connectivity index (χ3v) is 9.62. The summed E-state index contributed by atoms with van der Waals surface area (Å²) in [6.07, 6.45) is 43.0. The summed E-state index contributed by atoms with van der Waals surface area (Å²) in [5.74, 6) is -1.57. The summed E-state index contributed by atoms with van der Waals surface area (Å²) in [4.78, 5) is 12.6. The normalized spacial score (nSPS) is 14.5. The van der Waals surface area contributed by atoms with Gasteiger partial charge in [-0.05, 0) is 64.2 Å². The Labute approximate surface area is 302 Å². The van der Waals surface area contributed by atoms with Gasteiger partial charge < -0.3 is 15.5 Å². The first-order valence-electron chi connectivity index (χ1n) is 19.9. The molecule has 0 aromatic rings. The molecule has 0 spiro atoms. The lowest BCUT2D eigenvalue weighted by Crippen LogP contribution is -2.50. The fourth-order valence-electron chi connectivity index (χ4n) is 5.74. The van der Waals surface area contributed by atoms with Crippen molar-refractivity contribution in [2.75, 3.05) is 5.75 Å². The van der Waals surface area contributed by atoms with Gasteiger partial charge >= 0.3 is 0 Å². The molecule has 0 heterocycles. The lowest BCUT2D eigenvalue weighted by Gasteiger charge is -2.22. The molecule has 0 aliphatic heterocycles. The van der Waals surface area contributed by atoms with E-state index in [0.29, 0.717) is 12.8 Å². The first-order chi connectivity index (χ1) is 23.7. The zero-order chi connectivity index (χ0) is 36.3. The highest BCUT2D eigenvalue weighted by molar-refractivity contribution is 7.85. The van der Waals surface area contributed by atoms with Crippen LogP contribution in [-0.2, 0) is 14.9 Å². The van der Waals surface area contributed by atoms with E-state index in [0.717, 1.165) is 57.8 Å². The second-order valence-corrected chi connectivity index (χ2v) is 15.2. The number of carbonyl (C=O) groups excluding carboxylic acids is 1. The summed E-state index contributed by atoms with van der Waals surface area (Å²) in [5.41, 5.74) is 0. The van der Waals surface area contributed by atoms with Gasteiger partial charge in [0.05, 0.1) is 17.9 Å². The molecule has 4 N–H and O–H groups in total. The highest BCUT2D eigenvalue weighted by Crippen LogP contribution is 2.13. The number of hydrogen-bond donors (Lipinski definition) is 4. The first-order valence-corrected chi connectivity index (χ1v) is 21.6. The molecule has 0 aliphatic carbocycles. The van der Waals surface area contributed by atoms with Crippen molar-refractivity contribution in [2.24, 2.45) is 0 Å². The number of aliphatic hydroxyl groups excluding tert-OH is 2. The molecular weight excluding hydrogens is 635 g/mol. The van der Waals surface area contributed by atoms with Crippen LogP contribution in [0.15, 0.2) is 48.6 Å². The van der Waals surface area contributed by atoms with E-state index in [-0.39, 0.29) is 6.42 Å². The van der Waals surface area contributed by atoms with Gasteiger partial charge in [-0.1, -0.05) is 165 Å². The second-order valence-electron chi connectivity index (χ2n) is 13.7. The molecule has 0 fully saturated rings. The molecule has 3 unspecified atom stereocenters. The fourth-order valence-corrected chi connectivity index (χ4v) is 6.47. The van der Waals surface area contributed by atoms with Crippen LogP contribution < -0.4 is 5.32 Å². The van der Waals surface area contributed by atoms with Crippen LogP contribution in [0.3, 0.4) is 0 Å². The van der Waals surface area contributed by atoms with Crippen molar-refractivity contribution in [3.63, 3.8) is 0 Å². The number of nitrogens with one attached hydrogen (secondary N) is 1. The zero-order valence-corrected chi connectivity index (χ0v) is 32.2. The number of hydrogen-bond acceptors (Lipinski definition) is 5. The molecule has 0 radical (unpaired) electrons. The average Bonchev–Trinajstić information content (AvgIpc) is 3.06. The quantitative estimate of drug-likeness (QED) is 0.0295. The van der Waals surface area contributed by atoms with Crippen molar-refractivity contribution in [3.8, 4) is 0 Å². The minimum absolute atomic E-state index is 0.260. The lowest BCUT2D eigenvalue weighted by molar-refractivity contribution is -0.130. The van der Waals surface area contributed by atoms with Crippen LogP contribution in [0.4, 0.5) is 0 Å². The van der Waals surface area contributed by atoms with Gasteiger partial charge in [-0.15, -0.1) is 0 Å². The standard InChI is InChI=1S/C41H75NO6S/c1-3-5-7-9-11-13-15-17-19-21-23-25-27-29-31-33-35-39(43)38(37-49(46,47)48)42-41(45)40(44)36-34-32-30-28-26-24-22-20-18-16-14-12-10-8-6-4-2/h12,14,18,20,25,27,33,35,38-40,43-44H,3-11,13,15-17,19,21-24,26,28-32,34,36-37H2,1-2H3,(H,42,45)(H,46,47,48)/b14-12-,20-18-,27-25+,35-33+. The van der Waals surface area contributed by atoms with Crippen molar-refractivity contribution < 1.29 is 28.0 Å². The van der Waals surface area contributed by atoms with Gasteiger partial charge in [-0.3, -0.25) is 9.35 Å². The van der Waals surface area contributed by atoms with Gasteiger partial charge in [0.25, 0.3) is 10.1 Å². The molecule has 7 nitrogen and oxygen atoms in total. The number of unbranched alkanes of at least 4 members (excludes halogenated alkanes) is 20. The summed E-state index contributed by atoms with van der Waals surface area (Å²) >= 11 is 0. The molecule has 0 aromatic heterocycles. The van der Waals surface area contributed by atoms with Gasteiger partial charge in [0.15, 0.2) is 0 Å². The fraction of sp³-hybridized carbons (Fsp3) is 0.780. The highest BCUT2D eigenvalue weighted by Gasteiger charge is 2.27. The van der Waals surface area contributed by atoms with Crippen molar-refractivity contribution in [2.45, 2.75) is 199 Å². The maximum Gasteiger partial charge on any atom is 0.267 e. The minimum atomic E-state index is -4.45. The van der Waals surface area contributed by atoms with Crippen molar-refractivity contribution in [1.29, 1.82) is 0 Å². The monoisotopic (exact) mass is 710 g/mol. The third-order valence-electron chi connectivity index (χ3n) is 8.84. The summed E-state index contributed by atoms with van der Waals surface area (Å²) in [7, 11) is -4.45. The number of aliphatic hydroxyl groups is 2. The molecule has 0 saturated heterocycles. The van der Waals surface area contributed by atoms with Crippen LogP contribution in [0, 0.1) is 0 Å². The molecule has 1 amide bonds. The SMILES string of the molecule is CCCCC/C=C\C/C=C\CCCCCCCCC(O)C(=O)NC(CS(=O)(=O)O)C(O)/C=C/CC/C=C/CCCCCCCCCCCC. The van der Waals surface area contributed by atoms with Gasteiger partial charge in [-0.2, -0.15) is 8.42 Å². The Morgan fingerprint density at radius 1 is 0.571 bits per heavy atom. The average molecular weight is 710 g/mol. The summed E-state index contributed by atoms with van der Waals surface area (Å²) in [6, 6.07) is -1.25. The molecule has 0 rings (SSSR count).